The lowest BCUT2D eigenvalue weighted by molar-refractivity contribution is -0.118. The largest absolute Gasteiger partial charge is 0.484 e. The molecule has 0 unspecified atom stereocenters. The lowest BCUT2D eigenvalue weighted by atomic mass is 10.1. The number of hydrogen-bond acceptors (Lipinski definition) is 3. The van der Waals surface area contributed by atoms with Crippen LogP contribution in [0.3, 0.4) is 0 Å². The van der Waals surface area contributed by atoms with E-state index in [2.05, 4.69) is 10.6 Å². The number of benzene rings is 3. The Balaban J connectivity index is 1.55. The monoisotopic (exact) mass is 402 g/mol. The van der Waals surface area contributed by atoms with E-state index in [0.717, 1.165) is 34.5 Å². The molecule has 0 fully saturated rings. The Morgan fingerprint density at radius 2 is 1.60 bits per heavy atom. The van der Waals surface area contributed by atoms with Crippen LogP contribution in [-0.2, 0) is 11.2 Å². The van der Waals surface area contributed by atoms with Crippen LogP contribution in [-0.4, -0.2) is 18.4 Å². The standard InChI is InChI=1S/C25H26N2O3/c1-4-19-7-5-6-8-23(19)27-25(29)20-10-12-21(13-11-20)30-16-24(28)26-22-14-9-17(2)15-18(22)3/h5-15H,4,16H2,1-3H3,(H,26,28)(H,27,29). The van der Waals surface area contributed by atoms with Crippen molar-refractivity contribution in [2.24, 2.45) is 0 Å². The van der Waals surface area contributed by atoms with Crippen molar-refractivity contribution in [3.05, 3.63) is 89.0 Å². The molecule has 0 atom stereocenters. The molecule has 2 amide bonds. The smallest absolute Gasteiger partial charge is 0.262 e. The Morgan fingerprint density at radius 1 is 0.867 bits per heavy atom. The zero-order valence-electron chi connectivity index (χ0n) is 17.5. The quantitative estimate of drug-likeness (QED) is 0.575. The minimum absolute atomic E-state index is 0.108. The van der Waals surface area contributed by atoms with Gasteiger partial charge in [0.25, 0.3) is 11.8 Å². The van der Waals surface area contributed by atoms with Crippen LogP contribution in [0, 0.1) is 13.8 Å². The van der Waals surface area contributed by atoms with Gasteiger partial charge in [-0.25, -0.2) is 0 Å². The molecule has 0 saturated heterocycles. The van der Waals surface area contributed by atoms with Crippen LogP contribution >= 0.6 is 0 Å². The minimum Gasteiger partial charge on any atom is -0.484 e. The molecule has 0 radical (unpaired) electrons. The number of para-hydroxylation sites is 1. The van der Waals surface area contributed by atoms with Crippen molar-refractivity contribution in [2.75, 3.05) is 17.2 Å². The summed E-state index contributed by atoms with van der Waals surface area (Å²) in [6.07, 6.45) is 0.841. The summed E-state index contributed by atoms with van der Waals surface area (Å²) in [5, 5.41) is 5.79. The summed E-state index contributed by atoms with van der Waals surface area (Å²) in [5.41, 5.74) is 5.34. The van der Waals surface area contributed by atoms with Gasteiger partial charge in [0.2, 0.25) is 0 Å². The number of ether oxygens (including phenoxy) is 1. The highest BCUT2D eigenvalue weighted by atomic mass is 16.5. The summed E-state index contributed by atoms with van der Waals surface area (Å²) in [6, 6.07) is 20.3. The molecule has 5 heteroatoms. The van der Waals surface area contributed by atoms with E-state index in [9.17, 15) is 9.59 Å². The van der Waals surface area contributed by atoms with Crippen LogP contribution in [0.15, 0.2) is 66.7 Å². The lowest BCUT2D eigenvalue weighted by Crippen LogP contribution is -2.20. The lowest BCUT2D eigenvalue weighted by Gasteiger charge is -2.11. The second kappa shape index (κ2) is 9.74. The third-order valence-electron chi connectivity index (χ3n) is 4.79. The molecule has 0 aliphatic rings. The summed E-state index contributed by atoms with van der Waals surface area (Å²) in [5.74, 6) is 0.103. The average molecular weight is 402 g/mol. The van der Waals surface area contributed by atoms with Crippen LogP contribution in [0.25, 0.3) is 0 Å². The fourth-order valence-electron chi connectivity index (χ4n) is 3.14. The van der Waals surface area contributed by atoms with E-state index in [-0.39, 0.29) is 18.4 Å². The Morgan fingerprint density at radius 3 is 2.30 bits per heavy atom. The SMILES string of the molecule is CCc1ccccc1NC(=O)c1ccc(OCC(=O)Nc2ccc(C)cc2C)cc1. The summed E-state index contributed by atoms with van der Waals surface area (Å²) >= 11 is 0. The summed E-state index contributed by atoms with van der Waals surface area (Å²) < 4.78 is 5.55. The van der Waals surface area contributed by atoms with Crippen LogP contribution in [0.4, 0.5) is 11.4 Å². The fraction of sp³-hybridized carbons (Fsp3) is 0.200. The maximum atomic E-state index is 12.5. The number of carbonyl (C=O) groups excluding carboxylic acids is 2. The molecule has 30 heavy (non-hydrogen) atoms. The van der Waals surface area contributed by atoms with Gasteiger partial charge in [-0.3, -0.25) is 9.59 Å². The van der Waals surface area contributed by atoms with Crippen molar-refractivity contribution in [1.29, 1.82) is 0 Å². The number of amides is 2. The van der Waals surface area contributed by atoms with Gasteiger partial charge in [-0.05, 0) is 67.8 Å². The first-order valence-electron chi connectivity index (χ1n) is 9.95. The van der Waals surface area contributed by atoms with E-state index >= 15 is 0 Å². The topological polar surface area (TPSA) is 67.4 Å². The highest BCUT2D eigenvalue weighted by molar-refractivity contribution is 6.04. The molecular formula is C25H26N2O3. The first-order chi connectivity index (χ1) is 14.5. The van der Waals surface area contributed by atoms with E-state index in [1.807, 2.05) is 63.2 Å². The highest BCUT2D eigenvalue weighted by Gasteiger charge is 2.10. The molecule has 2 N–H and O–H groups in total. The Labute approximate surface area is 177 Å². The molecule has 0 saturated carbocycles. The number of aryl methyl sites for hydroxylation is 3. The van der Waals surface area contributed by atoms with E-state index in [4.69, 9.17) is 4.74 Å². The van der Waals surface area contributed by atoms with Crippen molar-refractivity contribution in [3.8, 4) is 5.75 Å². The van der Waals surface area contributed by atoms with Crippen molar-refractivity contribution < 1.29 is 14.3 Å². The first-order valence-corrected chi connectivity index (χ1v) is 9.95. The van der Waals surface area contributed by atoms with Crippen molar-refractivity contribution in [3.63, 3.8) is 0 Å². The van der Waals surface area contributed by atoms with Gasteiger partial charge in [-0.1, -0.05) is 42.8 Å². The summed E-state index contributed by atoms with van der Waals surface area (Å²) in [7, 11) is 0. The molecule has 0 bridgehead atoms. The zero-order chi connectivity index (χ0) is 21.5. The van der Waals surface area contributed by atoms with Gasteiger partial charge < -0.3 is 15.4 Å². The molecule has 3 aromatic rings. The van der Waals surface area contributed by atoms with Crippen LogP contribution < -0.4 is 15.4 Å². The predicted molar refractivity (Wildman–Crippen MR) is 120 cm³/mol. The molecule has 5 nitrogen and oxygen atoms in total. The third-order valence-corrected chi connectivity index (χ3v) is 4.79. The third kappa shape index (κ3) is 5.47. The summed E-state index contributed by atoms with van der Waals surface area (Å²) in [4.78, 5) is 24.7. The average Bonchev–Trinajstić information content (AvgIpc) is 2.75. The first kappa shape index (κ1) is 21.1. The summed E-state index contributed by atoms with van der Waals surface area (Å²) in [6.45, 7) is 5.90. The normalized spacial score (nSPS) is 10.4. The number of anilines is 2. The van der Waals surface area contributed by atoms with Gasteiger partial charge >= 0.3 is 0 Å². The number of rotatable bonds is 7. The van der Waals surface area contributed by atoms with Gasteiger partial charge in [-0.2, -0.15) is 0 Å². The van der Waals surface area contributed by atoms with Gasteiger partial charge in [-0.15, -0.1) is 0 Å². The Hall–Kier alpha value is -3.60. The van der Waals surface area contributed by atoms with Crippen LogP contribution in [0.2, 0.25) is 0 Å². The van der Waals surface area contributed by atoms with Gasteiger partial charge in [0, 0.05) is 16.9 Å². The molecule has 0 aliphatic carbocycles. The maximum Gasteiger partial charge on any atom is 0.262 e. The van der Waals surface area contributed by atoms with Gasteiger partial charge in [0.1, 0.15) is 5.75 Å². The van der Waals surface area contributed by atoms with E-state index in [0.29, 0.717) is 11.3 Å². The minimum atomic E-state index is -0.236. The predicted octanol–water partition coefficient (Wildman–Crippen LogP) is 5.14. The van der Waals surface area contributed by atoms with E-state index in [1.165, 1.54) is 0 Å². The zero-order valence-corrected chi connectivity index (χ0v) is 17.5. The van der Waals surface area contributed by atoms with E-state index < -0.39 is 0 Å². The molecule has 0 aromatic heterocycles. The number of carbonyl (C=O) groups is 2. The van der Waals surface area contributed by atoms with E-state index in [1.54, 1.807) is 24.3 Å². The second-order valence-corrected chi connectivity index (χ2v) is 7.14. The maximum absolute atomic E-state index is 12.5. The molecule has 154 valence electrons. The molecule has 3 rings (SSSR count). The molecule has 0 spiro atoms. The Bertz CT molecular complexity index is 1040. The number of nitrogens with one attached hydrogen (secondary N) is 2. The van der Waals surface area contributed by atoms with Crippen molar-refractivity contribution in [1.82, 2.24) is 0 Å². The number of hydrogen-bond donors (Lipinski definition) is 2. The second-order valence-electron chi connectivity index (χ2n) is 7.14. The molecule has 0 aliphatic heterocycles. The molecular weight excluding hydrogens is 376 g/mol. The Kier molecular flexibility index (Phi) is 6.86. The molecule has 0 heterocycles. The van der Waals surface area contributed by atoms with Crippen LogP contribution in [0.5, 0.6) is 5.75 Å². The van der Waals surface area contributed by atoms with Gasteiger partial charge in [0.05, 0.1) is 0 Å². The van der Waals surface area contributed by atoms with Crippen molar-refractivity contribution in [2.45, 2.75) is 27.2 Å². The van der Waals surface area contributed by atoms with Crippen LogP contribution in [0.1, 0.15) is 34.0 Å². The molecule has 3 aromatic carbocycles. The fourth-order valence-corrected chi connectivity index (χ4v) is 3.14. The van der Waals surface area contributed by atoms with Crippen molar-refractivity contribution >= 4 is 23.2 Å². The van der Waals surface area contributed by atoms with Gasteiger partial charge in [0.15, 0.2) is 6.61 Å². The highest BCUT2D eigenvalue weighted by Crippen LogP contribution is 2.19.